The van der Waals surface area contributed by atoms with Gasteiger partial charge in [0.05, 0.1) is 17.8 Å². The van der Waals surface area contributed by atoms with Crippen LogP contribution in [0.1, 0.15) is 20.1 Å². The third-order valence-electron chi connectivity index (χ3n) is 4.01. The molecule has 2 heterocycles. The summed E-state index contributed by atoms with van der Waals surface area (Å²) >= 11 is 1.60. The van der Waals surface area contributed by atoms with Gasteiger partial charge in [-0.15, -0.1) is 11.3 Å². The molecule has 5 nitrogen and oxygen atoms in total. The van der Waals surface area contributed by atoms with Gasteiger partial charge in [0.2, 0.25) is 0 Å². The lowest BCUT2D eigenvalue weighted by Gasteiger charge is -2.35. The van der Waals surface area contributed by atoms with E-state index in [0.717, 1.165) is 9.75 Å². The number of hydrogen-bond acceptors (Lipinski definition) is 4. The molecule has 24 heavy (non-hydrogen) atoms. The zero-order chi connectivity index (χ0) is 17.4. The van der Waals surface area contributed by atoms with Gasteiger partial charge in [-0.05, 0) is 32.0 Å². The Morgan fingerprint density at radius 3 is 2.58 bits per heavy atom. The van der Waals surface area contributed by atoms with Crippen LogP contribution in [0.15, 0.2) is 30.3 Å². The van der Waals surface area contributed by atoms with E-state index in [-0.39, 0.29) is 18.4 Å². The van der Waals surface area contributed by atoms with E-state index in [4.69, 9.17) is 4.74 Å². The molecule has 0 aliphatic carbocycles. The van der Waals surface area contributed by atoms with Crippen LogP contribution in [0, 0.1) is 13.8 Å². The van der Waals surface area contributed by atoms with Crippen LogP contribution in [-0.4, -0.2) is 43.5 Å². The van der Waals surface area contributed by atoms with Crippen LogP contribution in [0.3, 0.4) is 0 Å². The molecular weight excluding hydrogens is 324 g/mol. The molecule has 0 fully saturated rings. The Morgan fingerprint density at radius 2 is 1.96 bits per heavy atom. The number of amides is 2. The van der Waals surface area contributed by atoms with Crippen molar-refractivity contribution in [1.82, 2.24) is 4.90 Å². The maximum absolute atomic E-state index is 13.1. The second-order valence-corrected chi connectivity index (χ2v) is 7.51. The molecule has 1 atom stereocenters. The number of anilines is 1. The fourth-order valence-corrected chi connectivity index (χ4v) is 3.75. The van der Waals surface area contributed by atoms with Gasteiger partial charge in [-0.2, -0.15) is 0 Å². The summed E-state index contributed by atoms with van der Waals surface area (Å²) in [7, 11) is 3.37. The van der Waals surface area contributed by atoms with Gasteiger partial charge in [-0.1, -0.05) is 12.1 Å². The first-order chi connectivity index (χ1) is 11.4. The molecule has 1 aromatic carbocycles. The molecule has 2 amide bonds. The second-order valence-electron chi connectivity index (χ2n) is 6.05. The van der Waals surface area contributed by atoms with E-state index >= 15 is 0 Å². The van der Waals surface area contributed by atoms with Crippen LogP contribution >= 0.6 is 11.3 Å². The fourth-order valence-electron chi connectivity index (χ4n) is 2.83. The lowest BCUT2D eigenvalue weighted by atomic mass is 10.1. The van der Waals surface area contributed by atoms with Crippen LogP contribution in [0.5, 0.6) is 5.75 Å². The minimum absolute atomic E-state index is 0.0934. The van der Waals surface area contributed by atoms with Gasteiger partial charge < -0.3 is 14.5 Å². The van der Waals surface area contributed by atoms with Gasteiger partial charge in [0.15, 0.2) is 6.10 Å². The molecule has 0 radical (unpaired) electrons. The van der Waals surface area contributed by atoms with E-state index in [9.17, 15) is 9.59 Å². The molecule has 1 aromatic heterocycles. The van der Waals surface area contributed by atoms with Gasteiger partial charge >= 0.3 is 0 Å². The molecular formula is C18H20N2O3S. The molecule has 6 heteroatoms. The molecule has 0 spiro atoms. The van der Waals surface area contributed by atoms with E-state index in [1.165, 1.54) is 4.90 Å². The average Bonchev–Trinajstić information content (AvgIpc) is 2.90. The predicted octanol–water partition coefficient (Wildman–Crippen LogP) is 2.86. The highest BCUT2D eigenvalue weighted by molar-refractivity contribution is 7.12. The number of benzene rings is 1. The summed E-state index contributed by atoms with van der Waals surface area (Å²) < 4.78 is 5.82. The highest BCUT2D eigenvalue weighted by Crippen LogP contribution is 2.35. The zero-order valence-electron chi connectivity index (χ0n) is 14.2. The lowest BCUT2D eigenvalue weighted by molar-refractivity contribution is -0.135. The van der Waals surface area contributed by atoms with Crippen molar-refractivity contribution in [3.05, 3.63) is 45.6 Å². The van der Waals surface area contributed by atoms with Crippen LogP contribution in [0.4, 0.5) is 5.69 Å². The number of hydrogen-bond donors (Lipinski definition) is 0. The molecule has 0 saturated carbocycles. The minimum Gasteiger partial charge on any atom is -0.476 e. The van der Waals surface area contributed by atoms with Crippen LogP contribution in [0.25, 0.3) is 0 Å². The Kier molecular flexibility index (Phi) is 4.32. The summed E-state index contributed by atoms with van der Waals surface area (Å²) in [5, 5.41) is 0. The normalized spacial score (nSPS) is 16.3. The Balaban J connectivity index is 2.00. The second kappa shape index (κ2) is 6.28. The summed E-state index contributed by atoms with van der Waals surface area (Å²) in [6.07, 6.45) is -0.695. The smallest absolute Gasteiger partial charge is 0.265 e. The topological polar surface area (TPSA) is 49.9 Å². The Morgan fingerprint density at radius 1 is 1.25 bits per heavy atom. The maximum atomic E-state index is 13.1. The summed E-state index contributed by atoms with van der Waals surface area (Å²) in [4.78, 5) is 30.7. The molecule has 2 aromatic rings. The molecule has 0 bridgehead atoms. The number of para-hydroxylation sites is 2. The largest absolute Gasteiger partial charge is 0.476 e. The van der Waals surface area contributed by atoms with Crippen molar-refractivity contribution in [2.24, 2.45) is 0 Å². The van der Waals surface area contributed by atoms with Gasteiger partial charge in [0.25, 0.3) is 11.8 Å². The summed E-state index contributed by atoms with van der Waals surface area (Å²) in [5.41, 5.74) is 1.39. The van der Waals surface area contributed by atoms with Crippen LogP contribution in [-0.2, 0) is 4.79 Å². The Bertz CT molecular complexity index is 797. The number of carbonyl (C=O) groups is 2. The van der Waals surface area contributed by atoms with Crippen molar-refractivity contribution in [3.63, 3.8) is 0 Å². The lowest BCUT2D eigenvalue weighted by Crippen LogP contribution is -2.50. The summed E-state index contributed by atoms with van der Waals surface area (Å²) in [6, 6.07) is 9.24. The molecule has 3 rings (SSSR count). The van der Waals surface area contributed by atoms with Crippen molar-refractivity contribution < 1.29 is 14.3 Å². The number of rotatable bonds is 2. The standard InChI is InChI=1S/C18H20N2O3S/c1-11-9-13(12(2)24-11)17(21)20-10-16(18(22)19(3)4)23-15-8-6-5-7-14(15)20/h5-9,16H,10H2,1-4H3/t16-/m1/s1. The van der Waals surface area contributed by atoms with E-state index in [0.29, 0.717) is 17.0 Å². The minimum atomic E-state index is -0.695. The molecule has 1 aliphatic heterocycles. The third kappa shape index (κ3) is 2.89. The third-order valence-corrected chi connectivity index (χ3v) is 4.97. The molecule has 0 N–H and O–H groups in total. The quantitative estimate of drug-likeness (QED) is 0.842. The van der Waals surface area contributed by atoms with Gasteiger partial charge in [-0.25, -0.2) is 0 Å². The van der Waals surface area contributed by atoms with Gasteiger partial charge in [0, 0.05) is 23.8 Å². The SMILES string of the molecule is Cc1cc(C(=O)N2C[C@H](C(=O)N(C)C)Oc3ccccc32)c(C)s1. The zero-order valence-corrected chi connectivity index (χ0v) is 15.0. The van der Waals surface area contributed by atoms with Gasteiger partial charge in [-0.3, -0.25) is 9.59 Å². The first kappa shape index (κ1) is 16.5. The molecule has 1 aliphatic rings. The molecule has 0 unspecified atom stereocenters. The fraction of sp³-hybridized carbons (Fsp3) is 0.333. The summed E-state index contributed by atoms with van der Waals surface area (Å²) in [5.74, 6) is 0.312. The predicted molar refractivity (Wildman–Crippen MR) is 95.0 cm³/mol. The highest BCUT2D eigenvalue weighted by Gasteiger charge is 2.35. The van der Waals surface area contributed by atoms with Gasteiger partial charge in [0.1, 0.15) is 5.75 Å². The first-order valence-corrected chi connectivity index (χ1v) is 8.56. The molecule has 0 saturated heterocycles. The van der Waals surface area contributed by atoms with E-state index in [1.54, 1.807) is 36.4 Å². The number of carbonyl (C=O) groups excluding carboxylic acids is 2. The number of ether oxygens (including phenoxy) is 1. The average molecular weight is 344 g/mol. The van der Waals surface area contributed by atoms with E-state index in [2.05, 4.69) is 0 Å². The number of fused-ring (bicyclic) bond motifs is 1. The number of thiophene rings is 1. The highest BCUT2D eigenvalue weighted by atomic mass is 32.1. The maximum Gasteiger partial charge on any atom is 0.265 e. The Labute approximate surface area is 145 Å². The summed E-state index contributed by atoms with van der Waals surface area (Å²) in [6.45, 7) is 4.14. The van der Waals surface area contributed by atoms with Crippen molar-refractivity contribution in [2.75, 3.05) is 25.5 Å². The van der Waals surface area contributed by atoms with E-state index in [1.807, 2.05) is 38.1 Å². The van der Waals surface area contributed by atoms with Crippen LogP contribution in [0.2, 0.25) is 0 Å². The van der Waals surface area contributed by atoms with Crippen molar-refractivity contribution in [2.45, 2.75) is 20.0 Å². The van der Waals surface area contributed by atoms with Crippen molar-refractivity contribution in [3.8, 4) is 5.75 Å². The monoisotopic (exact) mass is 344 g/mol. The number of aryl methyl sites for hydroxylation is 2. The Hall–Kier alpha value is -2.34. The number of likely N-dealkylation sites (N-methyl/N-ethyl adjacent to an activating group) is 1. The number of nitrogens with zero attached hydrogens (tertiary/aromatic N) is 2. The van der Waals surface area contributed by atoms with Crippen LogP contribution < -0.4 is 9.64 Å². The van der Waals surface area contributed by atoms with Crippen molar-refractivity contribution >= 4 is 28.8 Å². The van der Waals surface area contributed by atoms with Crippen molar-refractivity contribution in [1.29, 1.82) is 0 Å². The van der Waals surface area contributed by atoms with E-state index < -0.39 is 6.10 Å². The first-order valence-electron chi connectivity index (χ1n) is 7.74. The molecule has 126 valence electrons.